The fourth-order valence-corrected chi connectivity index (χ4v) is 3.11. The first-order chi connectivity index (χ1) is 11.6. The quantitative estimate of drug-likeness (QED) is 0.882. The number of aryl methyl sites for hydroxylation is 1. The van der Waals surface area contributed by atoms with Crippen molar-refractivity contribution in [3.8, 4) is 11.5 Å². The highest BCUT2D eigenvalue weighted by Crippen LogP contribution is 2.35. The van der Waals surface area contributed by atoms with Crippen molar-refractivity contribution in [3.63, 3.8) is 0 Å². The van der Waals surface area contributed by atoms with Gasteiger partial charge in [0.05, 0.1) is 18.0 Å². The van der Waals surface area contributed by atoms with E-state index in [1.807, 2.05) is 13.8 Å². The molecule has 0 unspecified atom stereocenters. The van der Waals surface area contributed by atoms with E-state index in [1.54, 1.807) is 12.4 Å². The van der Waals surface area contributed by atoms with Crippen LogP contribution in [0.1, 0.15) is 49.3 Å². The second kappa shape index (κ2) is 7.18. The maximum Gasteiger partial charge on any atom is 0.124 e. The van der Waals surface area contributed by atoms with Crippen LogP contribution in [-0.4, -0.2) is 22.7 Å². The number of rotatable bonds is 6. The van der Waals surface area contributed by atoms with Gasteiger partial charge in [-0.3, -0.25) is 9.97 Å². The fourth-order valence-electron chi connectivity index (χ4n) is 3.11. The lowest BCUT2D eigenvalue weighted by Gasteiger charge is -2.17. The van der Waals surface area contributed by atoms with Gasteiger partial charge in [0.15, 0.2) is 0 Å². The van der Waals surface area contributed by atoms with E-state index in [2.05, 4.69) is 41.3 Å². The average Bonchev–Trinajstić information content (AvgIpc) is 2.92. The van der Waals surface area contributed by atoms with E-state index >= 15 is 0 Å². The number of nitrogens with zero attached hydrogens (tertiary/aromatic N) is 2. The molecule has 0 saturated heterocycles. The van der Waals surface area contributed by atoms with E-state index in [-0.39, 0.29) is 12.1 Å². The molecule has 128 valence electrons. The molecule has 0 spiro atoms. The Kier molecular flexibility index (Phi) is 5.00. The smallest absolute Gasteiger partial charge is 0.124 e. The summed E-state index contributed by atoms with van der Waals surface area (Å²) in [6, 6.07) is 4.34. The van der Waals surface area contributed by atoms with E-state index in [1.165, 1.54) is 5.56 Å². The Hall–Kier alpha value is -2.14. The Labute approximate surface area is 143 Å². The molecule has 2 heterocycles. The highest BCUT2D eigenvalue weighted by Gasteiger charge is 2.22. The molecule has 0 saturated carbocycles. The molecule has 1 aliphatic heterocycles. The predicted molar refractivity (Wildman–Crippen MR) is 93.4 cm³/mol. The number of hydrogen-bond donors (Lipinski definition) is 1. The average molecular weight is 327 g/mol. The summed E-state index contributed by atoms with van der Waals surface area (Å²) in [6.45, 7) is 9.53. The molecule has 1 aromatic carbocycles. The van der Waals surface area contributed by atoms with Gasteiger partial charge >= 0.3 is 0 Å². The minimum atomic E-state index is 0.112. The Morgan fingerprint density at radius 2 is 2.12 bits per heavy atom. The molecule has 0 fully saturated rings. The van der Waals surface area contributed by atoms with E-state index in [4.69, 9.17) is 9.47 Å². The summed E-state index contributed by atoms with van der Waals surface area (Å²) in [7, 11) is 0. The van der Waals surface area contributed by atoms with Crippen LogP contribution in [0.2, 0.25) is 0 Å². The molecule has 5 nitrogen and oxygen atoms in total. The highest BCUT2D eigenvalue weighted by molar-refractivity contribution is 5.48. The molecule has 2 aromatic rings. The van der Waals surface area contributed by atoms with Gasteiger partial charge in [0, 0.05) is 42.5 Å². The maximum atomic E-state index is 5.89. The van der Waals surface area contributed by atoms with E-state index in [0.717, 1.165) is 34.9 Å². The molecule has 5 heteroatoms. The summed E-state index contributed by atoms with van der Waals surface area (Å²) in [5, 5.41) is 3.52. The van der Waals surface area contributed by atoms with Crippen LogP contribution in [0, 0.1) is 6.92 Å². The largest absolute Gasteiger partial charge is 0.494 e. The first-order valence-electron chi connectivity index (χ1n) is 8.54. The SMILES string of the molecule is CCOc1cc2c(cc1CN[C@H](C)c1nccnc1C)O[C@H](C)C2. The van der Waals surface area contributed by atoms with Crippen molar-refractivity contribution < 1.29 is 9.47 Å². The van der Waals surface area contributed by atoms with Crippen LogP contribution in [0.3, 0.4) is 0 Å². The molecule has 2 atom stereocenters. The number of aromatic nitrogens is 2. The van der Waals surface area contributed by atoms with Crippen LogP contribution in [0.5, 0.6) is 11.5 Å². The molecule has 1 aromatic heterocycles. The molecule has 0 aliphatic carbocycles. The Balaban J connectivity index is 1.77. The van der Waals surface area contributed by atoms with Gasteiger partial charge in [-0.2, -0.15) is 0 Å². The molecule has 24 heavy (non-hydrogen) atoms. The first-order valence-corrected chi connectivity index (χ1v) is 8.54. The van der Waals surface area contributed by atoms with Crippen molar-refractivity contribution >= 4 is 0 Å². The molecule has 0 bridgehead atoms. The third kappa shape index (κ3) is 3.51. The van der Waals surface area contributed by atoms with Crippen LogP contribution < -0.4 is 14.8 Å². The Morgan fingerprint density at radius 3 is 2.88 bits per heavy atom. The number of ether oxygens (including phenoxy) is 2. The predicted octanol–water partition coefficient (Wildman–Crippen LogP) is 3.36. The zero-order valence-electron chi connectivity index (χ0n) is 14.8. The fraction of sp³-hybridized carbons (Fsp3) is 0.474. The summed E-state index contributed by atoms with van der Waals surface area (Å²) < 4.78 is 11.7. The molecule has 0 radical (unpaired) electrons. The lowest BCUT2D eigenvalue weighted by Crippen LogP contribution is -2.21. The molecular weight excluding hydrogens is 302 g/mol. The van der Waals surface area contributed by atoms with Crippen molar-refractivity contribution in [2.45, 2.75) is 52.8 Å². The molecular formula is C19H25N3O2. The monoisotopic (exact) mass is 327 g/mol. The van der Waals surface area contributed by atoms with Crippen LogP contribution in [-0.2, 0) is 13.0 Å². The molecule has 3 rings (SSSR count). The van der Waals surface area contributed by atoms with Crippen LogP contribution in [0.25, 0.3) is 0 Å². The van der Waals surface area contributed by atoms with Crippen molar-refractivity contribution in [2.24, 2.45) is 0 Å². The summed E-state index contributed by atoms with van der Waals surface area (Å²) in [5.41, 5.74) is 4.26. The maximum absolute atomic E-state index is 5.89. The topological polar surface area (TPSA) is 56.3 Å². The normalized spacial score (nSPS) is 17.2. The minimum Gasteiger partial charge on any atom is -0.494 e. The van der Waals surface area contributed by atoms with Crippen LogP contribution >= 0.6 is 0 Å². The van der Waals surface area contributed by atoms with Crippen LogP contribution in [0.15, 0.2) is 24.5 Å². The van der Waals surface area contributed by atoms with Gasteiger partial charge < -0.3 is 14.8 Å². The third-order valence-corrected chi connectivity index (χ3v) is 4.31. The third-order valence-electron chi connectivity index (χ3n) is 4.31. The molecule has 1 N–H and O–H groups in total. The number of benzene rings is 1. The van der Waals surface area contributed by atoms with Gasteiger partial charge in [0.25, 0.3) is 0 Å². The van der Waals surface area contributed by atoms with E-state index in [9.17, 15) is 0 Å². The minimum absolute atomic E-state index is 0.112. The number of hydrogen-bond acceptors (Lipinski definition) is 5. The van der Waals surface area contributed by atoms with Crippen LogP contribution in [0.4, 0.5) is 0 Å². The Morgan fingerprint density at radius 1 is 1.33 bits per heavy atom. The Bertz CT molecular complexity index is 718. The number of nitrogens with one attached hydrogen (secondary N) is 1. The van der Waals surface area contributed by atoms with Crippen molar-refractivity contribution in [1.82, 2.24) is 15.3 Å². The molecule has 1 aliphatic rings. The summed E-state index contributed by atoms with van der Waals surface area (Å²) in [4.78, 5) is 8.75. The summed E-state index contributed by atoms with van der Waals surface area (Å²) >= 11 is 0. The van der Waals surface area contributed by atoms with Crippen molar-refractivity contribution in [3.05, 3.63) is 47.0 Å². The second-order valence-corrected chi connectivity index (χ2v) is 6.26. The van der Waals surface area contributed by atoms with Crippen molar-refractivity contribution in [1.29, 1.82) is 0 Å². The van der Waals surface area contributed by atoms with Gasteiger partial charge in [0.1, 0.15) is 17.6 Å². The highest BCUT2D eigenvalue weighted by atomic mass is 16.5. The van der Waals surface area contributed by atoms with Gasteiger partial charge in [-0.15, -0.1) is 0 Å². The van der Waals surface area contributed by atoms with E-state index < -0.39 is 0 Å². The molecule has 0 amide bonds. The van der Waals surface area contributed by atoms with Gasteiger partial charge in [-0.25, -0.2) is 0 Å². The zero-order valence-corrected chi connectivity index (χ0v) is 14.8. The van der Waals surface area contributed by atoms with Crippen molar-refractivity contribution in [2.75, 3.05) is 6.61 Å². The summed E-state index contributed by atoms with van der Waals surface area (Å²) in [5.74, 6) is 1.91. The van der Waals surface area contributed by atoms with Gasteiger partial charge in [-0.05, 0) is 39.8 Å². The lowest BCUT2D eigenvalue weighted by atomic mass is 10.1. The summed E-state index contributed by atoms with van der Waals surface area (Å²) in [6.07, 6.45) is 4.63. The van der Waals surface area contributed by atoms with E-state index in [0.29, 0.717) is 13.2 Å². The van der Waals surface area contributed by atoms with Gasteiger partial charge in [0.2, 0.25) is 0 Å². The van der Waals surface area contributed by atoms with Gasteiger partial charge in [-0.1, -0.05) is 0 Å². The standard InChI is InChI=1S/C19H25N3O2/c1-5-23-17-9-15-8-12(2)24-18(15)10-16(17)11-22-14(4)19-13(3)20-6-7-21-19/h6-7,9-10,12,14,22H,5,8,11H2,1-4H3/t12-,14-/m1/s1. The number of fused-ring (bicyclic) bond motifs is 1. The first kappa shape index (κ1) is 16.7. The second-order valence-electron chi connectivity index (χ2n) is 6.26. The zero-order chi connectivity index (χ0) is 17.1. The lowest BCUT2D eigenvalue weighted by molar-refractivity contribution is 0.254.